The van der Waals surface area contributed by atoms with E-state index in [1.807, 2.05) is 0 Å². The number of amides is 2. The summed E-state index contributed by atoms with van der Waals surface area (Å²) in [4.78, 5) is 23.8. The summed E-state index contributed by atoms with van der Waals surface area (Å²) in [6.07, 6.45) is 22.9. The van der Waals surface area contributed by atoms with E-state index in [1.165, 1.54) is 83.5 Å². The third-order valence-electron chi connectivity index (χ3n) is 6.27. The van der Waals surface area contributed by atoms with Gasteiger partial charge in [0, 0.05) is 5.54 Å². The zero-order valence-electron chi connectivity index (χ0n) is 20.5. The smallest absolute Gasteiger partial charge is 0.229 e. The lowest BCUT2D eigenvalue weighted by atomic mass is 9.81. The summed E-state index contributed by atoms with van der Waals surface area (Å²) in [5, 5.41) is 3.30. The lowest BCUT2D eigenvalue weighted by molar-refractivity contribution is -0.129. The zero-order chi connectivity index (χ0) is 22.5. The van der Waals surface area contributed by atoms with Crippen LogP contribution in [0.15, 0.2) is 0 Å². The van der Waals surface area contributed by atoms with Crippen LogP contribution in [0, 0.1) is 0 Å². The van der Waals surface area contributed by atoms with E-state index >= 15 is 0 Å². The fourth-order valence-electron chi connectivity index (χ4n) is 4.44. The molecule has 0 saturated heterocycles. The lowest BCUT2D eigenvalue weighted by Crippen LogP contribution is -2.49. The first-order valence-electron chi connectivity index (χ1n) is 13.1. The Labute approximate surface area is 187 Å². The zero-order valence-corrected chi connectivity index (χ0v) is 20.5. The van der Waals surface area contributed by atoms with Gasteiger partial charge in [-0.3, -0.25) is 9.59 Å². The third kappa shape index (κ3) is 16.7. The molecule has 0 fully saturated rings. The number of hydrogen-bond donors (Lipinski definition) is 2. The molecule has 0 aliphatic heterocycles. The Morgan fingerprint density at radius 3 is 1.30 bits per heavy atom. The van der Waals surface area contributed by atoms with E-state index in [-0.39, 0.29) is 17.9 Å². The summed E-state index contributed by atoms with van der Waals surface area (Å²) >= 11 is 0. The minimum absolute atomic E-state index is 0.157. The Bertz CT molecular complexity index is 407. The van der Waals surface area contributed by atoms with E-state index in [2.05, 4.69) is 26.1 Å². The van der Waals surface area contributed by atoms with Crippen LogP contribution in [0.25, 0.3) is 0 Å². The van der Waals surface area contributed by atoms with Gasteiger partial charge in [-0.15, -0.1) is 0 Å². The van der Waals surface area contributed by atoms with Crippen molar-refractivity contribution in [3.63, 3.8) is 0 Å². The summed E-state index contributed by atoms with van der Waals surface area (Å²) in [6.45, 7) is 6.72. The molecule has 3 N–H and O–H groups in total. The van der Waals surface area contributed by atoms with Crippen LogP contribution in [0.2, 0.25) is 0 Å². The van der Waals surface area contributed by atoms with Gasteiger partial charge in [-0.1, -0.05) is 124 Å². The van der Waals surface area contributed by atoms with E-state index < -0.39 is 5.91 Å². The normalized spacial score (nSPS) is 11.6. The minimum Gasteiger partial charge on any atom is -0.369 e. The van der Waals surface area contributed by atoms with Crippen molar-refractivity contribution in [2.75, 3.05) is 0 Å². The first-order valence-corrected chi connectivity index (χ1v) is 13.1. The highest BCUT2D eigenvalue weighted by Crippen LogP contribution is 2.29. The van der Waals surface area contributed by atoms with Crippen molar-refractivity contribution in [1.29, 1.82) is 0 Å². The summed E-state index contributed by atoms with van der Waals surface area (Å²) in [7, 11) is 0. The predicted octanol–water partition coefficient (Wildman–Crippen LogP) is 7.19. The average Bonchev–Trinajstić information content (AvgIpc) is 2.70. The SMILES string of the molecule is CCCCCCCCC(CCCCCC)(CCCCCCCC)NC(=O)CC(N)=O. The summed E-state index contributed by atoms with van der Waals surface area (Å²) in [5.74, 6) is -0.721. The third-order valence-corrected chi connectivity index (χ3v) is 6.27. The summed E-state index contributed by atoms with van der Waals surface area (Å²) in [6, 6.07) is 0. The van der Waals surface area contributed by atoms with Crippen molar-refractivity contribution in [1.82, 2.24) is 5.32 Å². The fraction of sp³-hybridized carbons (Fsp3) is 0.923. The minimum atomic E-state index is -0.536. The van der Waals surface area contributed by atoms with Gasteiger partial charge in [0.15, 0.2) is 0 Å². The molecule has 0 aromatic carbocycles. The van der Waals surface area contributed by atoms with Crippen LogP contribution in [-0.4, -0.2) is 17.4 Å². The number of rotatable bonds is 22. The van der Waals surface area contributed by atoms with Gasteiger partial charge in [-0.25, -0.2) is 0 Å². The number of nitrogens with two attached hydrogens (primary N) is 1. The Balaban J connectivity index is 4.92. The molecular weight excluding hydrogens is 372 g/mol. The van der Waals surface area contributed by atoms with Crippen LogP contribution < -0.4 is 11.1 Å². The highest BCUT2D eigenvalue weighted by atomic mass is 16.2. The van der Waals surface area contributed by atoms with Crippen LogP contribution in [-0.2, 0) is 9.59 Å². The van der Waals surface area contributed by atoms with Gasteiger partial charge in [0.05, 0.1) is 0 Å². The summed E-state index contributed by atoms with van der Waals surface area (Å²) < 4.78 is 0. The predicted molar refractivity (Wildman–Crippen MR) is 129 cm³/mol. The number of hydrogen-bond acceptors (Lipinski definition) is 2. The number of primary amides is 1. The van der Waals surface area contributed by atoms with Crippen molar-refractivity contribution in [2.45, 2.75) is 155 Å². The molecule has 178 valence electrons. The molecule has 0 aromatic rings. The Hall–Kier alpha value is -1.06. The molecule has 0 heterocycles. The maximum atomic E-state index is 12.5. The molecule has 0 aromatic heterocycles. The van der Waals surface area contributed by atoms with Gasteiger partial charge >= 0.3 is 0 Å². The standard InChI is InChI=1S/C26H52N2O2/c1-4-7-10-13-15-18-21-26(20-17-12-9-6-3,28-25(30)23-24(27)29)22-19-16-14-11-8-5-2/h4-23H2,1-3H3,(H2,27,29)(H,28,30). The molecule has 0 saturated carbocycles. The van der Waals surface area contributed by atoms with Gasteiger partial charge in [0.25, 0.3) is 0 Å². The quantitative estimate of drug-likeness (QED) is 0.143. The second-order valence-electron chi connectivity index (χ2n) is 9.32. The number of carbonyl (C=O) groups excluding carboxylic acids is 2. The molecule has 4 heteroatoms. The lowest BCUT2D eigenvalue weighted by Gasteiger charge is -2.36. The first kappa shape index (κ1) is 28.9. The maximum Gasteiger partial charge on any atom is 0.229 e. The second-order valence-corrected chi connectivity index (χ2v) is 9.32. The highest BCUT2D eigenvalue weighted by molar-refractivity contribution is 5.96. The van der Waals surface area contributed by atoms with Gasteiger partial charge in [-0.05, 0) is 19.3 Å². The van der Waals surface area contributed by atoms with Crippen molar-refractivity contribution in [2.24, 2.45) is 5.73 Å². The molecule has 4 nitrogen and oxygen atoms in total. The molecular formula is C26H52N2O2. The first-order chi connectivity index (χ1) is 14.5. The molecule has 0 aliphatic rings. The van der Waals surface area contributed by atoms with Crippen LogP contribution in [0.5, 0.6) is 0 Å². The number of nitrogens with one attached hydrogen (secondary N) is 1. The van der Waals surface area contributed by atoms with Crippen LogP contribution in [0.3, 0.4) is 0 Å². The van der Waals surface area contributed by atoms with Crippen LogP contribution in [0.1, 0.15) is 149 Å². The Morgan fingerprint density at radius 2 is 0.933 bits per heavy atom. The van der Waals surface area contributed by atoms with Gasteiger partial charge < -0.3 is 11.1 Å². The van der Waals surface area contributed by atoms with E-state index in [0.717, 1.165) is 38.5 Å². The maximum absolute atomic E-state index is 12.5. The Kier molecular flexibility index (Phi) is 19.2. The number of unbranched alkanes of at least 4 members (excludes halogenated alkanes) is 13. The molecule has 30 heavy (non-hydrogen) atoms. The van der Waals surface area contributed by atoms with Gasteiger partial charge in [0.1, 0.15) is 6.42 Å². The molecule has 2 amide bonds. The molecule has 0 unspecified atom stereocenters. The molecule has 0 atom stereocenters. The highest BCUT2D eigenvalue weighted by Gasteiger charge is 2.30. The largest absolute Gasteiger partial charge is 0.369 e. The van der Waals surface area contributed by atoms with E-state index in [4.69, 9.17) is 5.73 Å². The van der Waals surface area contributed by atoms with Crippen LogP contribution in [0.4, 0.5) is 0 Å². The van der Waals surface area contributed by atoms with Gasteiger partial charge in [0.2, 0.25) is 11.8 Å². The van der Waals surface area contributed by atoms with E-state index in [9.17, 15) is 9.59 Å². The van der Waals surface area contributed by atoms with E-state index in [1.54, 1.807) is 0 Å². The van der Waals surface area contributed by atoms with Crippen LogP contribution >= 0.6 is 0 Å². The summed E-state index contributed by atoms with van der Waals surface area (Å²) in [5.41, 5.74) is 5.13. The van der Waals surface area contributed by atoms with E-state index in [0.29, 0.717) is 0 Å². The topological polar surface area (TPSA) is 72.2 Å². The van der Waals surface area contributed by atoms with Crippen molar-refractivity contribution in [3.8, 4) is 0 Å². The van der Waals surface area contributed by atoms with Crippen molar-refractivity contribution >= 4 is 11.8 Å². The second kappa shape index (κ2) is 19.9. The average molecular weight is 425 g/mol. The van der Waals surface area contributed by atoms with Crippen molar-refractivity contribution in [3.05, 3.63) is 0 Å². The Morgan fingerprint density at radius 1 is 0.600 bits per heavy atom. The number of carbonyl (C=O) groups is 2. The fourth-order valence-corrected chi connectivity index (χ4v) is 4.44. The molecule has 0 aliphatic carbocycles. The van der Waals surface area contributed by atoms with Gasteiger partial charge in [-0.2, -0.15) is 0 Å². The van der Waals surface area contributed by atoms with Crippen molar-refractivity contribution < 1.29 is 9.59 Å². The molecule has 0 rings (SSSR count). The molecule has 0 bridgehead atoms. The molecule has 0 radical (unpaired) electrons. The molecule has 0 spiro atoms. The monoisotopic (exact) mass is 424 g/mol.